The highest BCUT2D eigenvalue weighted by Crippen LogP contribution is 2.22. The maximum absolute atomic E-state index is 11.2. The third kappa shape index (κ3) is 4.52. The second kappa shape index (κ2) is 6.58. The number of methoxy groups -OCH3 is 1. The molecule has 7 heteroatoms. The van der Waals surface area contributed by atoms with Crippen LogP contribution >= 0.6 is 0 Å². The summed E-state index contributed by atoms with van der Waals surface area (Å²) >= 11 is 0. The van der Waals surface area contributed by atoms with Gasteiger partial charge in [-0.1, -0.05) is 0 Å². The first-order chi connectivity index (χ1) is 8.48. The number of rotatable bonds is 7. The smallest absolute Gasteiger partial charge is 0.212 e. The van der Waals surface area contributed by atoms with Gasteiger partial charge in [-0.2, -0.15) is 0 Å². The van der Waals surface area contributed by atoms with Crippen LogP contribution in [0.15, 0.2) is 18.2 Å². The number of benzene rings is 1. The first-order valence-corrected chi connectivity index (χ1v) is 7.11. The van der Waals surface area contributed by atoms with Crippen LogP contribution in [0.4, 0.5) is 0 Å². The normalized spacial score (nSPS) is 11.4. The van der Waals surface area contributed by atoms with Gasteiger partial charge in [0, 0.05) is 18.7 Å². The largest absolute Gasteiger partial charge is 0.508 e. The fraction of sp³-hybridized carbons (Fsp3) is 0.455. The van der Waals surface area contributed by atoms with E-state index in [0.717, 1.165) is 0 Å². The molecule has 3 N–H and O–H groups in total. The molecule has 1 aromatic rings. The molecule has 0 saturated heterocycles. The Balaban J connectivity index is 2.49. The molecule has 1 aromatic carbocycles. The molecule has 0 aromatic heterocycles. The summed E-state index contributed by atoms with van der Waals surface area (Å²) in [5.41, 5.74) is 0.663. The minimum Gasteiger partial charge on any atom is -0.508 e. The molecule has 0 bridgehead atoms. The van der Waals surface area contributed by atoms with Crippen LogP contribution in [0.25, 0.3) is 0 Å². The summed E-state index contributed by atoms with van der Waals surface area (Å²) in [4.78, 5) is 0. The van der Waals surface area contributed by atoms with Crippen LogP contribution in [0.3, 0.4) is 0 Å². The van der Waals surface area contributed by atoms with E-state index in [1.54, 1.807) is 25.3 Å². The quantitative estimate of drug-likeness (QED) is 0.611. The van der Waals surface area contributed by atoms with E-state index in [1.165, 1.54) is 7.05 Å². The van der Waals surface area contributed by atoms with Gasteiger partial charge >= 0.3 is 0 Å². The Labute approximate surface area is 107 Å². The van der Waals surface area contributed by atoms with Crippen molar-refractivity contribution in [1.29, 1.82) is 0 Å². The predicted octanol–water partition coefficient (Wildman–Crippen LogP) is 0.0396. The molecule has 1 rings (SSSR count). The van der Waals surface area contributed by atoms with Crippen LogP contribution in [0, 0.1) is 0 Å². The second-order valence-electron chi connectivity index (χ2n) is 3.69. The Morgan fingerprint density at radius 1 is 1.39 bits per heavy atom. The third-order valence-corrected chi connectivity index (χ3v) is 3.82. The number of nitrogens with one attached hydrogen (secondary N) is 2. The highest BCUT2D eigenvalue weighted by atomic mass is 32.2. The zero-order valence-electron chi connectivity index (χ0n) is 10.4. The van der Waals surface area contributed by atoms with Crippen molar-refractivity contribution in [3.8, 4) is 11.5 Å². The molecule has 0 saturated carbocycles. The van der Waals surface area contributed by atoms with Crippen molar-refractivity contribution >= 4 is 10.0 Å². The van der Waals surface area contributed by atoms with Crippen LogP contribution < -0.4 is 14.8 Å². The number of hydrogen-bond donors (Lipinski definition) is 3. The topological polar surface area (TPSA) is 87.7 Å². The van der Waals surface area contributed by atoms with Gasteiger partial charge in [-0.3, -0.25) is 0 Å². The minimum absolute atomic E-state index is 0.00572. The lowest BCUT2D eigenvalue weighted by molar-refractivity contribution is 0.410. The summed E-state index contributed by atoms with van der Waals surface area (Å²) in [7, 11) is -0.274. The summed E-state index contributed by atoms with van der Waals surface area (Å²) in [6.07, 6.45) is 0. The van der Waals surface area contributed by atoms with E-state index in [-0.39, 0.29) is 11.5 Å². The maximum atomic E-state index is 11.2. The van der Waals surface area contributed by atoms with Crippen LogP contribution in [-0.4, -0.2) is 40.0 Å². The first-order valence-electron chi connectivity index (χ1n) is 5.46. The molecule has 0 spiro atoms. The summed E-state index contributed by atoms with van der Waals surface area (Å²) in [5.74, 6) is 0.793. The molecular weight excluding hydrogens is 256 g/mol. The Morgan fingerprint density at radius 2 is 2.11 bits per heavy atom. The van der Waals surface area contributed by atoms with Crippen molar-refractivity contribution < 1.29 is 18.3 Å². The predicted molar refractivity (Wildman–Crippen MR) is 69.2 cm³/mol. The summed E-state index contributed by atoms with van der Waals surface area (Å²) < 4.78 is 29.6. The Kier molecular flexibility index (Phi) is 5.39. The van der Waals surface area contributed by atoms with Crippen LogP contribution in [-0.2, 0) is 16.6 Å². The van der Waals surface area contributed by atoms with Gasteiger partial charge in [0.15, 0.2) is 0 Å². The maximum Gasteiger partial charge on any atom is 0.212 e. The molecule has 18 heavy (non-hydrogen) atoms. The van der Waals surface area contributed by atoms with Crippen LogP contribution in [0.2, 0.25) is 0 Å². The van der Waals surface area contributed by atoms with E-state index in [0.29, 0.717) is 24.4 Å². The molecular formula is C11H18N2O4S. The van der Waals surface area contributed by atoms with E-state index in [4.69, 9.17) is 4.74 Å². The Bertz CT molecular complexity index is 488. The monoisotopic (exact) mass is 274 g/mol. The molecule has 0 radical (unpaired) electrons. The zero-order chi connectivity index (χ0) is 13.6. The molecule has 0 atom stereocenters. The highest BCUT2D eigenvalue weighted by molar-refractivity contribution is 7.89. The van der Waals surface area contributed by atoms with Gasteiger partial charge in [0.05, 0.1) is 12.9 Å². The van der Waals surface area contributed by atoms with Gasteiger partial charge in [0.25, 0.3) is 0 Å². The highest BCUT2D eigenvalue weighted by Gasteiger charge is 2.07. The lowest BCUT2D eigenvalue weighted by Crippen LogP contribution is -2.29. The Morgan fingerprint density at radius 3 is 2.72 bits per heavy atom. The van der Waals surface area contributed by atoms with Crippen molar-refractivity contribution in [3.63, 3.8) is 0 Å². The number of sulfonamides is 1. The van der Waals surface area contributed by atoms with Crippen molar-refractivity contribution in [2.24, 2.45) is 0 Å². The third-order valence-electron chi connectivity index (χ3n) is 2.46. The Hall–Kier alpha value is -1.31. The van der Waals surface area contributed by atoms with Crippen molar-refractivity contribution in [1.82, 2.24) is 10.0 Å². The standard InChI is InChI=1S/C11H18N2O4S/c1-12-18(15,16)6-5-13-8-9-7-10(17-2)3-4-11(9)14/h3-4,7,12-14H,5-6,8H2,1-2H3. The number of ether oxygens (including phenoxy) is 1. The van der Waals surface area contributed by atoms with Crippen LogP contribution in [0.1, 0.15) is 5.56 Å². The molecule has 0 aliphatic rings. The summed E-state index contributed by atoms with van der Waals surface area (Å²) in [5, 5.41) is 12.6. The average Bonchev–Trinajstić information content (AvgIpc) is 2.36. The first kappa shape index (κ1) is 14.7. The van der Waals surface area contributed by atoms with E-state index in [9.17, 15) is 13.5 Å². The average molecular weight is 274 g/mol. The second-order valence-corrected chi connectivity index (χ2v) is 5.74. The van der Waals surface area contributed by atoms with Crippen LogP contribution in [0.5, 0.6) is 11.5 Å². The molecule has 0 unspecified atom stereocenters. The minimum atomic E-state index is -3.20. The molecule has 0 aliphatic heterocycles. The molecule has 0 fully saturated rings. The number of phenols is 1. The summed E-state index contributed by atoms with van der Waals surface area (Å²) in [6, 6.07) is 4.90. The van der Waals surface area contributed by atoms with Gasteiger partial charge in [-0.15, -0.1) is 0 Å². The molecule has 102 valence electrons. The van der Waals surface area contributed by atoms with E-state index in [1.807, 2.05) is 0 Å². The number of aromatic hydroxyl groups is 1. The molecule has 0 heterocycles. The SMILES string of the molecule is CNS(=O)(=O)CCNCc1cc(OC)ccc1O. The van der Waals surface area contributed by atoms with E-state index in [2.05, 4.69) is 10.0 Å². The van der Waals surface area contributed by atoms with E-state index >= 15 is 0 Å². The molecule has 0 amide bonds. The fourth-order valence-electron chi connectivity index (χ4n) is 1.36. The van der Waals surface area contributed by atoms with Crippen molar-refractivity contribution in [2.75, 3.05) is 26.5 Å². The summed E-state index contributed by atoms with van der Waals surface area (Å²) in [6.45, 7) is 0.683. The van der Waals surface area contributed by atoms with Gasteiger partial charge in [0.2, 0.25) is 10.0 Å². The molecule has 6 nitrogen and oxygen atoms in total. The van der Waals surface area contributed by atoms with E-state index < -0.39 is 10.0 Å². The number of hydrogen-bond acceptors (Lipinski definition) is 5. The number of phenolic OH excluding ortho intramolecular Hbond substituents is 1. The van der Waals surface area contributed by atoms with Gasteiger partial charge in [0.1, 0.15) is 11.5 Å². The van der Waals surface area contributed by atoms with Gasteiger partial charge < -0.3 is 15.2 Å². The zero-order valence-corrected chi connectivity index (χ0v) is 11.3. The lowest BCUT2D eigenvalue weighted by atomic mass is 10.2. The lowest BCUT2D eigenvalue weighted by Gasteiger charge is -2.08. The van der Waals surface area contributed by atoms with Gasteiger partial charge in [-0.25, -0.2) is 13.1 Å². The molecule has 0 aliphatic carbocycles. The van der Waals surface area contributed by atoms with Gasteiger partial charge in [-0.05, 0) is 25.2 Å². The fourth-order valence-corrected chi connectivity index (χ4v) is 1.98. The van der Waals surface area contributed by atoms with Crippen molar-refractivity contribution in [2.45, 2.75) is 6.54 Å². The van der Waals surface area contributed by atoms with Crippen molar-refractivity contribution in [3.05, 3.63) is 23.8 Å².